The fraction of sp³-hybridized carbons (Fsp3) is 0.778. The first-order chi connectivity index (χ1) is 7.09. The molecular formula is C9H15N5O. The van der Waals surface area contributed by atoms with Crippen molar-refractivity contribution in [3.05, 3.63) is 5.82 Å². The molecule has 82 valence electrons. The van der Waals surface area contributed by atoms with Crippen molar-refractivity contribution in [2.75, 3.05) is 0 Å². The fourth-order valence-corrected chi connectivity index (χ4v) is 2.08. The molecule has 1 amide bonds. The molecule has 1 aliphatic carbocycles. The molecule has 15 heavy (non-hydrogen) atoms. The average Bonchev–Trinajstić information content (AvgIpc) is 2.76. The third-order valence-corrected chi connectivity index (χ3v) is 3.11. The van der Waals surface area contributed by atoms with E-state index >= 15 is 0 Å². The van der Waals surface area contributed by atoms with Crippen LogP contribution in [-0.4, -0.2) is 32.6 Å². The molecule has 1 aromatic rings. The van der Waals surface area contributed by atoms with Crippen molar-refractivity contribution in [2.24, 2.45) is 5.41 Å². The summed E-state index contributed by atoms with van der Waals surface area (Å²) in [4.78, 5) is 11.7. The average molecular weight is 209 g/mol. The number of amides is 1. The van der Waals surface area contributed by atoms with Gasteiger partial charge in [-0.05, 0) is 23.5 Å². The summed E-state index contributed by atoms with van der Waals surface area (Å²) >= 11 is 0. The number of nitrogens with zero attached hydrogens (tertiary/aromatic N) is 3. The van der Waals surface area contributed by atoms with Crippen LogP contribution in [0.25, 0.3) is 0 Å². The summed E-state index contributed by atoms with van der Waals surface area (Å²) in [5.41, 5.74) is 0.166. The second-order valence-electron chi connectivity index (χ2n) is 4.64. The monoisotopic (exact) mass is 209 g/mol. The highest BCUT2D eigenvalue weighted by molar-refractivity contribution is 5.90. The van der Waals surface area contributed by atoms with E-state index in [9.17, 15) is 4.79 Å². The normalized spacial score (nSPS) is 24.0. The highest BCUT2D eigenvalue weighted by atomic mass is 16.2. The molecule has 2 N–H and O–H groups in total. The standard InChI is InChI=1S/C9H15N5O/c1-9(2)5-3-4-6(9)10-8(15)7-11-13-14-12-7/h6H,3-5H2,1-2H3,(H,10,15)(H,11,12,13,14). The fourth-order valence-electron chi connectivity index (χ4n) is 2.08. The van der Waals surface area contributed by atoms with Gasteiger partial charge in [0, 0.05) is 6.04 Å². The van der Waals surface area contributed by atoms with Crippen molar-refractivity contribution in [1.82, 2.24) is 25.9 Å². The van der Waals surface area contributed by atoms with Crippen LogP contribution in [0.2, 0.25) is 0 Å². The third kappa shape index (κ3) is 1.98. The molecule has 1 saturated carbocycles. The zero-order valence-electron chi connectivity index (χ0n) is 8.95. The lowest BCUT2D eigenvalue weighted by Gasteiger charge is -2.27. The van der Waals surface area contributed by atoms with Crippen LogP contribution in [0, 0.1) is 5.41 Å². The van der Waals surface area contributed by atoms with Gasteiger partial charge in [0.05, 0.1) is 0 Å². The molecule has 0 aliphatic heterocycles. The maximum atomic E-state index is 11.7. The molecule has 1 aliphatic rings. The van der Waals surface area contributed by atoms with Crippen LogP contribution < -0.4 is 5.32 Å². The zero-order valence-corrected chi connectivity index (χ0v) is 8.95. The van der Waals surface area contributed by atoms with E-state index in [1.807, 2.05) is 0 Å². The number of carbonyl (C=O) groups is 1. The summed E-state index contributed by atoms with van der Waals surface area (Å²) in [6.45, 7) is 4.34. The van der Waals surface area contributed by atoms with Crippen LogP contribution in [0.4, 0.5) is 0 Å². The van der Waals surface area contributed by atoms with Crippen LogP contribution in [0.3, 0.4) is 0 Å². The van der Waals surface area contributed by atoms with Gasteiger partial charge in [0.15, 0.2) is 0 Å². The molecule has 0 spiro atoms. The van der Waals surface area contributed by atoms with Gasteiger partial charge < -0.3 is 5.32 Å². The molecule has 2 rings (SSSR count). The van der Waals surface area contributed by atoms with Gasteiger partial charge in [0.25, 0.3) is 11.7 Å². The Morgan fingerprint density at radius 3 is 2.93 bits per heavy atom. The van der Waals surface area contributed by atoms with Gasteiger partial charge >= 0.3 is 0 Å². The molecular weight excluding hydrogens is 194 g/mol. The Morgan fingerprint density at radius 1 is 1.60 bits per heavy atom. The van der Waals surface area contributed by atoms with Gasteiger partial charge in [-0.15, -0.1) is 10.2 Å². The topological polar surface area (TPSA) is 83.6 Å². The lowest BCUT2D eigenvalue weighted by atomic mass is 9.87. The van der Waals surface area contributed by atoms with Gasteiger partial charge in [-0.3, -0.25) is 4.79 Å². The summed E-state index contributed by atoms with van der Waals surface area (Å²) in [6.07, 6.45) is 3.32. The molecule has 1 heterocycles. The molecule has 0 saturated heterocycles. The zero-order chi connectivity index (χ0) is 10.9. The summed E-state index contributed by atoms with van der Waals surface area (Å²) in [6, 6.07) is 0.212. The first-order valence-corrected chi connectivity index (χ1v) is 5.14. The number of hydrogen-bond acceptors (Lipinski definition) is 4. The predicted molar refractivity (Wildman–Crippen MR) is 53.1 cm³/mol. The predicted octanol–water partition coefficient (Wildman–Crippen LogP) is 0.508. The molecule has 1 atom stereocenters. The van der Waals surface area contributed by atoms with Gasteiger partial charge in [0.1, 0.15) is 0 Å². The quantitative estimate of drug-likeness (QED) is 0.743. The maximum absolute atomic E-state index is 11.7. The SMILES string of the molecule is CC1(C)CCCC1NC(=O)c1nn[nH]n1. The minimum absolute atomic E-state index is 0.109. The summed E-state index contributed by atoms with van der Waals surface area (Å²) in [5, 5.41) is 15.9. The van der Waals surface area contributed by atoms with Crippen molar-refractivity contribution in [1.29, 1.82) is 0 Å². The molecule has 6 heteroatoms. The van der Waals surface area contributed by atoms with E-state index in [-0.39, 0.29) is 23.2 Å². The molecule has 1 aromatic heterocycles. The maximum Gasteiger partial charge on any atom is 0.293 e. The Hall–Kier alpha value is -1.46. The van der Waals surface area contributed by atoms with Crippen LogP contribution in [0.5, 0.6) is 0 Å². The number of rotatable bonds is 2. The third-order valence-electron chi connectivity index (χ3n) is 3.11. The second kappa shape index (κ2) is 3.60. The van der Waals surface area contributed by atoms with Gasteiger partial charge in [-0.25, -0.2) is 0 Å². The van der Waals surface area contributed by atoms with E-state index in [0.717, 1.165) is 19.3 Å². The molecule has 6 nitrogen and oxygen atoms in total. The van der Waals surface area contributed by atoms with Crippen molar-refractivity contribution < 1.29 is 4.79 Å². The van der Waals surface area contributed by atoms with Crippen molar-refractivity contribution >= 4 is 5.91 Å². The van der Waals surface area contributed by atoms with E-state index in [2.05, 4.69) is 39.8 Å². The highest BCUT2D eigenvalue weighted by Crippen LogP contribution is 2.37. The highest BCUT2D eigenvalue weighted by Gasteiger charge is 2.35. The number of carbonyl (C=O) groups excluding carboxylic acids is 1. The number of hydrogen-bond donors (Lipinski definition) is 2. The molecule has 0 aromatic carbocycles. The van der Waals surface area contributed by atoms with Crippen molar-refractivity contribution in [3.8, 4) is 0 Å². The minimum Gasteiger partial charge on any atom is -0.346 e. The molecule has 0 radical (unpaired) electrons. The number of aromatic amines is 1. The lowest BCUT2D eigenvalue weighted by Crippen LogP contribution is -2.41. The smallest absolute Gasteiger partial charge is 0.293 e. The summed E-state index contributed by atoms with van der Waals surface area (Å²) < 4.78 is 0. The molecule has 0 bridgehead atoms. The Morgan fingerprint density at radius 2 is 2.40 bits per heavy atom. The Bertz CT molecular complexity index is 345. The Balaban J connectivity index is 2.01. The van der Waals surface area contributed by atoms with E-state index in [1.54, 1.807) is 0 Å². The molecule has 1 fully saturated rings. The number of H-pyrrole nitrogens is 1. The first-order valence-electron chi connectivity index (χ1n) is 5.14. The van der Waals surface area contributed by atoms with Gasteiger partial charge in [-0.2, -0.15) is 5.21 Å². The van der Waals surface area contributed by atoms with Gasteiger partial charge in [0.2, 0.25) is 0 Å². The molecule has 1 unspecified atom stereocenters. The van der Waals surface area contributed by atoms with Crippen molar-refractivity contribution in [3.63, 3.8) is 0 Å². The van der Waals surface area contributed by atoms with Gasteiger partial charge in [-0.1, -0.05) is 20.3 Å². The van der Waals surface area contributed by atoms with E-state index in [0.29, 0.717) is 0 Å². The van der Waals surface area contributed by atoms with Crippen LogP contribution in [0.15, 0.2) is 0 Å². The number of aromatic nitrogens is 4. The van der Waals surface area contributed by atoms with Crippen LogP contribution in [0.1, 0.15) is 43.7 Å². The van der Waals surface area contributed by atoms with E-state index in [4.69, 9.17) is 0 Å². The lowest BCUT2D eigenvalue weighted by molar-refractivity contribution is 0.0899. The number of tetrazole rings is 1. The minimum atomic E-state index is -0.247. The Kier molecular flexibility index (Phi) is 2.42. The van der Waals surface area contributed by atoms with Crippen molar-refractivity contribution in [2.45, 2.75) is 39.2 Å². The van der Waals surface area contributed by atoms with Crippen LogP contribution >= 0.6 is 0 Å². The summed E-state index contributed by atoms with van der Waals surface area (Å²) in [5.74, 6) is -0.138. The van der Waals surface area contributed by atoms with E-state index < -0.39 is 0 Å². The summed E-state index contributed by atoms with van der Waals surface area (Å²) in [7, 11) is 0. The largest absolute Gasteiger partial charge is 0.346 e. The number of nitrogens with one attached hydrogen (secondary N) is 2. The van der Waals surface area contributed by atoms with E-state index in [1.165, 1.54) is 0 Å². The second-order valence-corrected chi connectivity index (χ2v) is 4.64. The van der Waals surface area contributed by atoms with Crippen LogP contribution in [-0.2, 0) is 0 Å². The first kappa shape index (κ1) is 10.1. The Labute approximate surface area is 87.8 Å².